The molecule has 1 atom stereocenters. The molecule has 0 spiro atoms. The first-order chi connectivity index (χ1) is 13.6. The molecular weight excluding hydrogens is 370 g/mol. The third kappa shape index (κ3) is 6.61. The topological polar surface area (TPSA) is 55.4 Å². The molecule has 0 saturated heterocycles. The average molecular weight is 408 g/mol. The summed E-state index contributed by atoms with van der Waals surface area (Å²) in [6.07, 6.45) is 13.0. The molecule has 2 rings (SSSR count). The van der Waals surface area contributed by atoms with Gasteiger partial charge in [0, 0.05) is 11.3 Å². The smallest absolute Gasteiger partial charge is 0.341 e. The van der Waals surface area contributed by atoms with Crippen molar-refractivity contribution in [1.29, 1.82) is 0 Å². The molecule has 4 nitrogen and oxygen atoms in total. The molecule has 1 N–H and O–H groups in total. The molecule has 0 aliphatic heterocycles. The molecule has 158 valence electrons. The molecule has 0 saturated carbocycles. The fourth-order valence-corrected chi connectivity index (χ4v) is 5.31. The Morgan fingerprint density at radius 1 is 1.07 bits per heavy atom. The number of thiophene rings is 1. The van der Waals surface area contributed by atoms with Gasteiger partial charge >= 0.3 is 5.97 Å². The third-order valence-electron chi connectivity index (χ3n) is 5.68. The number of carbonyl (C=O) groups is 2. The van der Waals surface area contributed by atoms with Crippen molar-refractivity contribution in [1.82, 2.24) is 0 Å². The van der Waals surface area contributed by atoms with Gasteiger partial charge in [-0.1, -0.05) is 58.8 Å². The zero-order valence-corrected chi connectivity index (χ0v) is 18.7. The van der Waals surface area contributed by atoms with Crippen molar-refractivity contribution >= 4 is 28.2 Å². The number of ether oxygens (including phenoxy) is 1. The molecule has 1 aliphatic carbocycles. The van der Waals surface area contributed by atoms with Crippen LogP contribution in [-0.4, -0.2) is 18.5 Å². The summed E-state index contributed by atoms with van der Waals surface area (Å²) < 4.78 is 5.29. The molecule has 1 amide bonds. The third-order valence-corrected chi connectivity index (χ3v) is 6.85. The Bertz CT molecular complexity index is 638. The molecule has 5 heteroatoms. The second-order valence-electron chi connectivity index (χ2n) is 7.86. The maximum atomic E-state index is 12.5. The fraction of sp³-hybridized carbons (Fsp3) is 0.739. The van der Waals surface area contributed by atoms with Crippen LogP contribution in [0, 0.1) is 5.92 Å². The number of nitrogens with one attached hydrogen (secondary N) is 1. The van der Waals surface area contributed by atoms with E-state index < -0.39 is 0 Å². The van der Waals surface area contributed by atoms with Gasteiger partial charge < -0.3 is 10.1 Å². The summed E-state index contributed by atoms with van der Waals surface area (Å²) in [5.74, 6) is 0.406. The van der Waals surface area contributed by atoms with Crippen molar-refractivity contribution in [2.75, 3.05) is 11.9 Å². The van der Waals surface area contributed by atoms with E-state index in [1.165, 1.54) is 37.0 Å². The first kappa shape index (κ1) is 22.9. The van der Waals surface area contributed by atoms with Crippen molar-refractivity contribution in [3.05, 3.63) is 16.0 Å². The summed E-state index contributed by atoms with van der Waals surface area (Å²) in [6.45, 7) is 6.62. The van der Waals surface area contributed by atoms with E-state index in [9.17, 15) is 9.59 Å². The van der Waals surface area contributed by atoms with Gasteiger partial charge in [0.2, 0.25) is 5.91 Å². The number of fused-ring (bicyclic) bond motifs is 1. The number of amides is 1. The van der Waals surface area contributed by atoms with E-state index in [1.54, 1.807) is 11.3 Å². The number of hydrogen-bond donors (Lipinski definition) is 1. The van der Waals surface area contributed by atoms with Crippen LogP contribution < -0.4 is 5.32 Å². The molecule has 1 unspecified atom stereocenters. The second-order valence-corrected chi connectivity index (χ2v) is 8.97. The largest absolute Gasteiger partial charge is 0.462 e. The van der Waals surface area contributed by atoms with Crippen LogP contribution in [0.3, 0.4) is 0 Å². The predicted octanol–water partition coefficient (Wildman–Crippen LogP) is 6.52. The van der Waals surface area contributed by atoms with Crippen molar-refractivity contribution in [2.24, 2.45) is 5.92 Å². The summed E-state index contributed by atoms with van der Waals surface area (Å²) in [5, 5.41) is 3.73. The normalized spacial score (nSPS) is 15.9. The van der Waals surface area contributed by atoms with Crippen molar-refractivity contribution < 1.29 is 14.3 Å². The molecule has 1 aromatic heterocycles. The molecule has 0 fully saturated rings. The van der Waals surface area contributed by atoms with Crippen molar-refractivity contribution in [3.63, 3.8) is 0 Å². The van der Waals surface area contributed by atoms with E-state index in [4.69, 9.17) is 4.74 Å². The van der Waals surface area contributed by atoms with Gasteiger partial charge in [-0.15, -0.1) is 11.3 Å². The molecule has 1 heterocycles. The van der Waals surface area contributed by atoms with Crippen LogP contribution in [0.15, 0.2) is 0 Å². The molecule has 1 aliphatic rings. The van der Waals surface area contributed by atoms with Crippen LogP contribution >= 0.6 is 11.3 Å². The lowest BCUT2D eigenvalue weighted by molar-refractivity contribution is -0.116. The summed E-state index contributed by atoms with van der Waals surface area (Å²) in [5.41, 5.74) is 1.73. The molecule has 0 radical (unpaired) electrons. The van der Waals surface area contributed by atoms with Crippen molar-refractivity contribution in [2.45, 2.75) is 97.8 Å². The van der Waals surface area contributed by atoms with E-state index >= 15 is 0 Å². The van der Waals surface area contributed by atoms with Gasteiger partial charge in [-0.3, -0.25) is 4.79 Å². The number of unbranched alkanes of at least 4 members (excludes halogenated alkanes) is 6. The van der Waals surface area contributed by atoms with E-state index in [1.807, 2.05) is 6.92 Å². The molecule has 0 aromatic carbocycles. The quantitative estimate of drug-likeness (QED) is 0.317. The van der Waals surface area contributed by atoms with Gasteiger partial charge in [-0.05, 0) is 44.1 Å². The fourth-order valence-electron chi connectivity index (χ4n) is 3.94. The number of rotatable bonds is 12. The van der Waals surface area contributed by atoms with Crippen LogP contribution in [0.1, 0.15) is 106 Å². The summed E-state index contributed by atoms with van der Waals surface area (Å²) >= 11 is 1.58. The zero-order valence-electron chi connectivity index (χ0n) is 17.9. The monoisotopic (exact) mass is 407 g/mol. The highest BCUT2D eigenvalue weighted by Gasteiger charge is 2.29. The van der Waals surface area contributed by atoms with Crippen LogP contribution in [-0.2, 0) is 22.4 Å². The second kappa shape index (κ2) is 12.3. The lowest BCUT2D eigenvalue weighted by atomic mass is 9.85. The Balaban J connectivity index is 1.95. The van der Waals surface area contributed by atoms with E-state index in [0.717, 1.165) is 44.1 Å². The van der Waals surface area contributed by atoms with E-state index in [2.05, 4.69) is 19.2 Å². The molecular formula is C23H37NO3S. The first-order valence-electron chi connectivity index (χ1n) is 11.2. The maximum Gasteiger partial charge on any atom is 0.341 e. The van der Waals surface area contributed by atoms with Gasteiger partial charge in [-0.2, -0.15) is 0 Å². The Hall–Kier alpha value is -1.36. The van der Waals surface area contributed by atoms with Crippen LogP contribution in [0.2, 0.25) is 0 Å². The number of carbonyl (C=O) groups excluding carboxylic acids is 2. The minimum Gasteiger partial charge on any atom is -0.462 e. The SMILES string of the molecule is CCCCCCCCCC(=O)Nc1sc2c(c1C(=O)OCC)CCC(CC)C2. The summed E-state index contributed by atoms with van der Waals surface area (Å²) in [7, 11) is 0. The molecule has 1 aromatic rings. The zero-order chi connectivity index (χ0) is 20.4. The maximum absolute atomic E-state index is 12.5. The predicted molar refractivity (Wildman–Crippen MR) is 117 cm³/mol. The number of esters is 1. The van der Waals surface area contributed by atoms with Gasteiger partial charge in [0.15, 0.2) is 0 Å². The van der Waals surface area contributed by atoms with Crippen molar-refractivity contribution in [3.8, 4) is 0 Å². The van der Waals surface area contributed by atoms with Crippen LogP contribution in [0.4, 0.5) is 5.00 Å². The molecule has 0 bridgehead atoms. The van der Waals surface area contributed by atoms with Gasteiger partial charge in [0.05, 0.1) is 12.2 Å². The highest BCUT2D eigenvalue weighted by molar-refractivity contribution is 7.17. The van der Waals surface area contributed by atoms with E-state index in [0.29, 0.717) is 29.5 Å². The summed E-state index contributed by atoms with van der Waals surface area (Å²) in [6, 6.07) is 0. The lowest BCUT2D eigenvalue weighted by Gasteiger charge is -2.20. The van der Waals surface area contributed by atoms with Crippen LogP contribution in [0.25, 0.3) is 0 Å². The standard InChI is InChI=1S/C23H37NO3S/c1-4-7-8-9-10-11-12-13-20(25)24-22-21(23(26)27-6-3)18-15-14-17(5-2)16-19(18)28-22/h17H,4-16H2,1-3H3,(H,24,25). The van der Waals surface area contributed by atoms with Gasteiger partial charge in [-0.25, -0.2) is 4.79 Å². The number of hydrogen-bond acceptors (Lipinski definition) is 4. The lowest BCUT2D eigenvalue weighted by Crippen LogP contribution is -2.17. The van der Waals surface area contributed by atoms with Gasteiger partial charge in [0.25, 0.3) is 0 Å². The highest BCUT2D eigenvalue weighted by atomic mass is 32.1. The van der Waals surface area contributed by atoms with Crippen LogP contribution in [0.5, 0.6) is 0 Å². The number of anilines is 1. The minimum absolute atomic E-state index is 0.0183. The average Bonchev–Trinajstić information content (AvgIpc) is 3.04. The Morgan fingerprint density at radius 3 is 2.46 bits per heavy atom. The van der Waals surface area contributed by atoms with E-state index in [-0.39, 0.29) is 11.9 Å². The Kier molecular flexibility index (Phi) is 10.0. The first-order valence-corrected chi connectivity index (χ1v) is 12.0. The molecule has 28 heavy (non-hydrogen) atoms. The Morgan fingerprint density at radius 2 is 1.79 bits per heavy atom. The summed E-state index contributed by atoms with van der Waals surface area (Å²) in [4.78, 5) is 26.3. The Labute approximate surface area is 174 Å². The highest BCUT2D eigenvalue weighted by Crippen LogP contribution is 2.40. The minimum atomic E-state index is -0.291. The van der Waals surface area contributed by atoms with Gasteiger partial charge in [0.1, 0.15) is 5.00 Å².